The van der Waals surface area contributed by atoms with Crippen molar-refractivity contribution in [2.45, 2.75) is 95.2 Å². The number of hydrogen-bond acceptors (Lipinski definition) is 4. The smallest absolute Gasteiger partial charge is 0.137 e. The maximum atomic E-state index is 11.8. The SMILES string of the molecule is CC[Si](C#C[C@]1(O)CC[C@H]2[C@@H]3[C@H](O)[C@H](O)c4cc(O)ccc4[C@H]3CC[C@@]21C)(CC)CC. The summed E-state index contributed by atoms with van der Waals surface area (Å²) in [6.07, 6.45) is 1.25. The first-order valence-corrected chi connectivity index (χ1v) is 14.7. The molecule has 3 aliphatic carbocycles. The van der Waals surface area contributed by atoms with Gasteiger partial charge < -0.3 is 20.4 Å². The highest BCUT2D eigenvalue weighted by molar-refractivity contribution is 6.87. The molecular formula is C26H38O4Si. The van der Waals surface area contributed by atoms with Gasteiger partial charge in [0.2, 0.25) is 0 Å². The first kappa shape index (κ1) is 22.9. The predicted octanol–water partition coefficient (Wildman–Crippen LogP) is 4.49. The zero-order chi connectivity index (χ0) is 22.6. The molecule has 1 aromatic carbocycles. The van der Waals surface area contributed by atoms with E-state index >= 15 is 0 Å². The minimum Gasteiger partial charge on any atom is -0.508 e. The van der Waals surface area contributed by atoms with Crippen LogP contribution in [0.3, 0.4) is 0 Å². The van der Waals surface area contributed by atoms with Gasteiger partial charge >= 0.3 is 0 Å². The molecule has 0 spiro atoms. The van der Waals surface area contributed by atoms with E-state index in [-0.39, 0.29) is 28.9 Å². The van der Waals surface area contributed by atoms with E-state index < -0.39 is 25.9 Å². The van der Waals surface area contributed by atoms with Crippen LogP contribution in [0.1, 0.15) is 76.5 Å². The molecule has 0 amide bonds. The molecule has 4 rings (SSSR count). The number of phenols is 1. The number of phenolic OH excluding ortho intramolecular Hbond substituents is 1. The molecule has 170 valence electrons. The van der Waals surface area contributed by atoms with Crippen molar-refractivity contribution >= 4 is 8.07 Å². The molecule has 0 unspecified atom stereocenters. The summed E-state index contributed by atoms with van der Waals surface area (Å²) < 4.78 is 0. The molecule has 2 saturated carbocycles. The maximum absolute atomic E-state index is 11.8. The van der Waals surface area contributed by atoms with Crippen LogP contribution in [-0.4, -0.2) is 40.2 Å². The van der Waals surface area contributed by atoms with E-state index in [1.54, 1.807) is 12.1 Å². The molecule has 5 heteroatoms. The molecule has 0 bridgehead atoms. The van der Waals surface area contributed by atoms with Crippen molar-refractivity contribution in [2.24, 2.45) is 17.3 Å². The van der Waals surface area contributed by atoms with Gasteiger partial charge in [0.05, 0.1) is 6.10 Å². The lowest BCUT2D eigenvalue weighted by Crippen LogP contribution is -2.54. The molecule has 0 aliphatic heterocycles. The third-order valence-corrected chi connectivity index (χ3v) is 14.3. The zero-order valence-electron chi connectivity index (χ0n) is 19.4. The maximum Gasteiger partial charge on any atom is 0.137 e. The van der Waals surface area contributed by atoms with Crippen molar-refractivity contribution < 1.29 is 20.4 Å². The Balaban J connectivity index is 1.71. The number of aromatic hydroxyl groups is 1. The largest absolute Gasteiger partial charge is 0.508 e. The Morgan fingerprint density at radius 2 is 1.71 bits per heavy atom. The Hall–Kier alpha value is -1.32. The standard InChI is InChI=1S/C26H38O4Si/c1-5-31(6-2,7-3)15-14-26(30)13-11-21-22-19(10-12-25(21,26)4)18-9-8-17(27)16-20(18)23(28)24(22)29/h8-9,16,19,21-24,27-30H,5-7,10-13H2,1-4H3/t19-,21+,22-,23-,24+,25+,26-/m1/s1. The van der Waals surface area contributed by atoms with Gasteiger partial charge in [0.1, 0.15) is 25.5 Å². The number of aliphatic hydroxyl groups is 3. The molecule has 0 heterocycles. The van der Waals surface area contributed by atoms with E-state index in [1.165, 1.54) is 0 Å². The van der Waals surface area contributed by atoms with Crippen molar-refractivity contribution in [3.05, 3.63) is 29.3 Å². The highest BCUT2D eigenvalue weighted by atomic mass is 28.3. The van der Waals surface area contributed by atoms with Crippen molar-refractivity contribution in [2.75, 3.05) is 0 Å². The average molecular weight is 443 g/mol. The van der Waals surface area contributed by atoms with Crippen LogP contribution in [0.2, 0.25) is 18.1 Å². The van der Waals surface area contributed by atoms with Crippen LogP contribution in [0.15, 0.2) is 18.2 Å². The van der Waals surface area contributed by atoms with Gasteiger partial charge in [-0.25, -0.2) is 0 Å². The first-order valence-electron chi connectivity index (χ1n) is 12.1. The molecule has 31 heavy (non-hydrogen) atoms. The second-order valence-corrected chi connectivity index (χ2v) is 15.4. The van der Waals surface area contributed by atoms with Gasteiger partial charge in [-0.1, -0.05) is 39.7 Å². The second kappa shape index (κ2) is 7.92. The fourth-order valence-electron chi connectivity index (χ4n) is 7.06. The van der Waals surface area contributed by atoms with Crippen LogP contribution in [0, 0.1) is 28.7 Å². The highest BCUT2D eigenvalue weighted by Gasteiger charge is 2.63. The lowest BCUT2D eigenvalue weighted by molar-refractivity contribution is -0.120. The summed E-state index contributed by atoms with van der Waals surface area (Å²) in [4.78, 5) is 0. The van der Waals surface area contributed by atoms with E-state index in [4.69, 9.17) is 0 Å². The van der Waals surface area contributed by atoms with Crippen molar-refractivity contribution in [3.8, 4) is 17.2 Å². The van der Waals surface area contributed by atoms with Gasteiger partial charge in [0, 0.05) is 5.41 Å². The summed E-state index contributed by atoms with van der Waals surface area (Å²) in [5.74, 6) is 3.69. The van der Waals surface area contributed by atoms with E-state index in [0.717, 1.165) is 43.0 Å². The number of benzene rings is 1. The second-order valence-electron chi connectivity index (χ2n) is 10.5. The third kappa shape index (κ3) is 3.30. The summed E-state index contributed by atoms with van der Waals surface area (Å²) in [5.41, 5.74) is 3.91. The lowest BCUT2D eigenvalue weighted by atomic mass is 9.52. The van der Waals surface area contributed by atoms with Crippen molar-refractivity contribution in [1.82, 2.24) is 0 Å². The Labute approximate surface area is 187 Å². The van der Waals surface area contributed by atoms with E-state index in [9.17, 15) is 20.4 Å². The third-order valence-electron chi connectivity index (χ3n) is 9.56. The van der Waals surface area contributed by atoms with Gasteiger partial charge in [-0.2, -0.15) is 0 Å². The Morgan fingerprint density at radius 3 is 2.35 bits per heavy atom. The number of hydrogen-bond donors (Lipinski definition) is 4. The molecule has 0 radical (unpaired) electrons. The molecule has 7 atom stereocenters. The summed E-state index contributed by atoms with van der Waals surface area (Å²) in [7, 11) is -1.67. The van der Waals surface area contributed by atoms with Crippen LogP contribution in [0.5, 0.6) is 5.75 Å². The number of rotatable bonds is 3. The normalized spacial score (nSPS) is 39.1. The molecule has 1 aromatic rings. The van der Waals surface area contributed by atoms with Crippen LogP contribution >= 0.6 is 0 Å². The van der Waals surface area contributed by atoms with Gasteiger partial charge in [-0.3, -0.25) is 0 Å². The van der Waals surface area contributed by atoms with Crippen molar-refractivity contribution in [1.29, 1.82) is 0 Å². The fraction of sp³-hybridized carbons (Fsp3) is 0.692. The van der Waals surface area contributed by atoms with E-state index in [1.807, 2.05) is 6.07 Å². The summed E-state index contributed by atoms with van der Waals surface area (Å²) in [6.45, 7) is 8.86. The summed E-state index contributed by atoms with van der Waals surface area (Å²) in [6, 6.07) is 8.52. The monoisotopic (exact) mass is 442 g/mol. The molecular weight excluding hydrogens is 404 g/mol. The van der Waals surface area contributed by atoms with Crippen molar-refractivity contribution in [3.63, 3.8) is 0 Å². The minimum absolute atomic E-state index is 0.104. The minimum atomic E-state index is -1.67. The molecule has 2 fully saturated rings. The fourth-order valence-corrected chi connectivity index (χ4v) is 9.56. The zero-order valence-corrected chi connectivity index (χ0v) is 20.4. The van der Waals surface area contributed by atoms with E-state index in [2.05, 4.69) is 39.2 Å². The molecule has 4 nitrogen and oxygen atoms in total. The molecule has 4 N–H and O–H groups in total. The molecule has 0 aromatic heterocycles. The average Bonchev–Trinajstić information content (AvgIpc) is 3.04. The quantitative estimate of drug-likeness (QED) is 0.411. The topological polar surface area (TPSA) is 80.9 Å². The summed E-state index contributed by atoms with van der Waals surface area (Å²) in [5, 5.41) is 43.8. The van der Waals surface area contributed by atoms with Crippen LogP contribution in [0.4, 0.5) is 0 Å². The lowest BCUT2D eigenvalue weighted by Gasteiger charge is -2.54. The Bertz CT molecular complexity index is 892. The van der Waals surface area contributed by atoms with Crippen LogP contribution in [-0.2, 0) is 0 Å². The summed E-state index contributed by atoms with van der Waals surface area (Å²) >= 11 is 0. The van der Waals surface area contributed by atoms with E-state index in [0.29, 0.717) is 12.0 Å². The van der Waals surface area contributed by atoms with Crippen LogP contribution in [0.25, 0.3) is 0 Å². The van der Waals surface area contributed by atoms with Gasteiger partial charge in [-0.05, 0) is 84.8 Å². The number of aliphatic hydroxyl groups excluding tert-OH is 2. The Morgan fingerprint density at radius 1 is 1.03 bits per heavy atom. The number of fused-ring (bicyclic) bond motifs is 5. The Kier molecular flexibility index (Phi) is 5.84. The first-order chi connectivity index (χ1) is 14.6. The van der Waals surface area contributed by atoms with Gasteiger partial charge in [-0.15, -0.1) is 5.54 Å². The molecule has 0 saturated heterocycles. The van der Waals surface area contributed by atoms with Gasteiger partial charge in [0.25, 0.3) is 0 Å². The predicted molar refractivity (Wildman–Crippen MR) is 125 cm³/mol. The highest BCUT2D eigenvalue weighted by Crippen LogP contribution is 2.65. The van der Waals surface area contributed by atoms with Gasteiger partial charge in [0.15, 0.2) is 0 Å². The van der Waals surface area contributed by atoms with Crippen LogP contribution < -0.4 is 0 Å². The molecule has 3 aliphatic rings.